The number of benzene rings is 1. The van der Waals surface area contributed by atoms with E-state index in [-0.39, 0.29) is 12.6 Å². The normalized spacial score (nSPS) is 16.7. The second kappa shape index (κ2) is 13.5. The van der Waals surface area contributed by atoms with Crippen LogP contribution in [0.1, 0.15) is 49.8 Å². The summed E-state index contributed by atoms with van der Waals surface area (Å²) in [6.07, 6.45) is 8.49. The Labute approximate surface area is 253 Å². The quantitative estimate of drug-likeness (QED) is 0.166. The number of sulfonamides is 1. The summed E-state index contributed by atoms with van der Waals surface area (Å²) in [6.45, 7) is 7.27. The van der Waals surface area contributed by atoms with E-state index < -0.39 is 33.5 Å². The molecule has 4 rings (SSSR count). The second-order valence-corrected chi connectivity index (χ2v) is 13.7. The summed E-state index contributed by atoms with van der Waals surface area (Å²) < 4.78 is 33.8. The van der Waals surface area contributed by atoms with Crippen LogP contribution in [-0.2, 0) is 22.9 Å². The average Bonchev–Trinajstić information content (AvgIpc) is 3.40. The summed E-state index contributed by atoms with van der Waals surface area (Å²) in [6, 6.07) is 4.90. The fraction of sp³-hybridized carbons (Fsp3) is 0.483. The van der Waals surface area contributed by atoms with E-state index in [9.17, 15) is 23.3 Å². The molecular formula is C29H42BN6O6S+. The van der Waals surface area contributed by atoms with Crippen molar-refractivity contribution in [3.05, 3.63) is 52.2 Å². The largest absolute Gasteiger partial charge is 0.474 e. The second-order valence-electron chi connectivity index (χ2n) is 12.0. The summed E-state index contributed by atoms with van der Waals surface area (Å²) in [5.74, 6) is 0.504. The molecule has 0 spiro atoms. The van der Waals surface area contributed by atoms with E-state index in [1.807, 2.05) is 23.8 Å². The van der Waals surface area contributed by atoms with Crippen LogP contribution in [0.2, 0.25) is 5.31 Å². The van der Waals surface area contributed by atoms with Crippen molar-refractivity contribution in [2.75, 3.05) is 32.0 Å². The van der Waals surface area contributed by atoms with Gasteiger partial charge in [0.25, 0.3) is 10.0 Å². The third-order valence-corrected chi connectivity index (χ3v) is 9.18. The fourth-order valence-corrected chi connectivity index (χ4v) is 5.93. The van der Waals surface area contributed by atoms with Crippen molar-refractivity contribution in [3.63, 3.8) is 0 Å². The van der Waals surface area contributed by atoms with Crippen molar-refractivity contribution in [1.29, 1.82) is 0 Å². The Balaban J connectivity index is 1.55. The topological polar surface area (TPSA) is 181 Å². The van der Waals surface area contributed by atoms with Crippen molar-refractivity contribution in [2.45, 2.75) is 64.3 Å². The first-order chi connectivity index (χ1) is 20.3. The van der Waals surface area contributed by atoms with Crippen molar-refractivity contribution in [2.24, 2.45) is 5.73 Å². The van der Waals surface area contributed by atoms with Gasteiger partial charge in [0.05, 0.1) is 11.0 Å². The fourth-order valence-electron chi connectivity index (χ4n) is 5.27. The Morgan fingerprint density at radius 3 is 2.70 bits per heavy atom. The van der Waals surface area contributed by atoms with Gasteiger partial charge in [0.1, 0.15) is 12.6 Å². The lowest BCUT2D eigenvalue weighted by molar-refractivity contribution is -0.457. The molecule has 2 heterocycles. The van der Waals surface area contributed by atoms with Crippen LogP contribution in [0.25, 0.3) is 11.1 Å². The van der Waals surface area contributed by atoms with Crippen LogP contribution in [0.5, 0.6) is 5.88 Å². The van der Waals surface area contributed by atoms with Gasteiger partial charge in [-0.15, -0.1) is 0 Å². The van der Waals surface area contributed by atoms with Crippen LogP contribution in [-0.4, -0.2) is 80.5 Å². The molecule has 14 heteroatoms. The SMILES string of the molecule is Cc1cc2c(c(NC(=O)NS(=O)(=O)/C(N)=C/C=[NH+]CC(C)(C)B(O)O)c1-c1ccnc(OC3CCN(C)CC3)c1)CCC2. The highest BCUT2D eigenvalue weighted by molar-refractivity contribution is 7.93. The number of rotatable bonds is 10. The predicted molar refractivity (Wildman–Crippen MR) is 167 cm³/mol. The van der Waals surface area contributed by atoms with Crippen LogP contribution in [0.15, 0.2) is 35.5 Å². The Morgan fingerprint density at radius 2 is 2.00 bits per heavy atom. The average molecular weight is 614 g/mol. The summed E-state index contributed by atoms with van der Waals surface area (Å²) in [4.78, 5) is 22.6. The first-order valence-corrected chi connectivity index (χ1v) is 15.9. The number of nitrogens with zero attached hydrogens (tertiary/aromatic N) is 2. The van der Waals surface area contributed by atoms with Gasteiger partial charge in [-0.2, -0.15) is 8.42 Å². The van der Waals surface area contributed by atoms with E-state index in [4.69, 9.17) is 10.5 Å². The highest BCUT2D eigenvalue weighted by Gasteiger charge is 2.34. The number of anilines is 1. The zero-order chi connectivity index (χ0) is 31.4. The summed E-state index contributed by atoms with van der Waals surface area (Å²) >= 11 is 0. The third kappa shape index (κ3) is 8.14. The van der Waals surface area contributed by atoms with Crippen molar-refractivity contribution in [1.82, 2.24) is 14.6 Å². The van der Waals surface area contributed by atoms with Crippen molar-refractivity contribution in [3.8, 4) is 17.0 Å². The number of ether oxygens (including phenoxy) is 1. The minimum atomic E-state index is -4.37. The molecule has 2 aliphatic rings. The van der Waals surface area contributed by atoms with E-state index in [0.717, 1.165) is 79.1 Å². The third-order valence-electron chi connectivity index (χ3n) is 7.97. The lowest BCUT2D eigenvalue weighted by Crippen LogP contribution is -2.72. The molecular weight excluding hydrogens is 571 g/mol. The molecule has 232 valence electrons. The highest BCUT2D eigenvalue weighted by atomic mass is 32.2. The predicted octanol–water partition coefficient (Wildman–Crippen LogP) is 0.675. The molecule has 0 saturated carbocycles. The van der Waals surface area contributed by atoms with Gasteiger partial charge < -0.3 is 30.7 Å². The van der Waals surface area contributed by atoms with Gasteiger partial charge in [0.2, 0.25) is 5.88 Å². The molecule has 1 saturated heterocycles. The Morgan fingerprint density at radius 1 is 1.28 bits per heavy atom. The minimum Gasteiger partial charge on any atom is -0.474 e. The van der Waals surface area contributed by atoms with E-state index in [2.05, 4.69) is 33.3 Å². The zero-order valence-corrected chi connectivity index (χ0v) is 26.0. The van der Waals surface area contributed by atoms with Crippen LogP contribution in [0, 0.1) is 6.92 Å². The number of hydrogen-bond acceptors (Lipinski definition) is 9. The number of amides is 2. The molecule has 2 aromatic rings. The molecule has 1 aromatic carbocycles. The number of carbonyl (C=O) groups excluding carboxylic acids is 1. The highest BCUT2D eigenvalue weighted by Crippen LogP contribution is 2.41. The number of pyridine rings is 1. The monoisotopic (exact) mass is 613 g/mol. The molecule has 2 amide bonds. The van der Waals surface area contributed by atoms with Crippen molar-refractivity contribution >= 4 is 35.1 Å². The summed E-state index contributed by atoms with van der Waals surface area (Å²) in [7, 11) is -3.84. The van der Waals surface area contributed by atoms with Gasteiger partial charge in [-0.25, -0.2) is 19.5 Å². The molecule has 0 unspecified atom stereocenters. The van der Waals surface area contributed by atoms with Crippen LogP contribution in [0.4, 0.5) is 10.5 Å². The molecule has 12 nitrogen and oxygen atoms in total. The molecule has 1 aliphatic heterocycles. The molecule has 1 aromatic heterocycles. The number of nitrogens with one attached hydrogen (secondary N) is 3. The lowest BCUT2D eigenvalue weighted by Gasteiger charge is -2.29. The maximum absolute atomic E-state index is 13.1. The first-order valence-electron chi connectivity index (χ1n) is 14.5. The van der Waals surface area contributed by atoms with Crippen LogP contribution in [0.3, 0.4) is 0 Å². The summed E-state index contributed by atoms with van der Waals surface area (Å²) in [5, 5.41) is 20.1. The van der Waals surface area contributed by atoms with E-state index in [0.29, 0.717) is 11.6 Å². The number of likely N-dealkylation sites (tertiary alicyclic amines) is 1. The Kier molecular flexibility index (Phi) is 10.2. The number of fused-ring (bicyclic) bond motifs is 1. The van der Waals surface area contributed by atoms with Gasteiger partial charge >= 0.3 is 13.1 Å². The number of aryl methyl sites for hydroxylation is 2. The summed E-state index contributed by atoms with van der Waals surface area (Å²) in [5.41, 5.74) is 10.9. The molecule has 7 N–H and O–H groups in total. The first kappa shape index (κ1) is 32.5. The Bertz CT molecular complexity index is 1500. The number of urea groups is 1. The van der Waals surface area contributed by atoms with Gasteiger partial charge in [0, 0.05) is 37.0 Å². The molecule has 43 heavy (non-hydrogen) atoms. The van der Waals surface area contributed by atoms with Gasteiger partial charge in [-0.3, -0.25) is 0 Å². The maximum Gasteiger partial charge on any atom is 0.464 e. The number of allylic oxidation sites excluding steroid dienone is 1. The smallest absolute Gasteiger partial charge is 0.464 e. The van der Waals surface area contributed by atoms with Crippen LogP contribution < -0.4 is 25.5 Å². The minimum absolute atomic E-state index is 0.0763. The lowest BCUT2D eigenvalue weighted by atomic mass is 9.60. The molecule has 1 fully saturated rings. The van der Waals surface area contributed by atoms with Gasteiger partial charge in [-0.05, 0) is 74.4 Å². The number of nitrogens with two attached hydrogens (primary N) is 1. The molecule has 0 bridgehead atoms. The number of piperidine rings is 1. The van der Waals surface area contributed by atoms with Gasteiger partial charge in [-0.1, -0.05) is 19.9 Å². The number of aromatic nitrogens is 1. The van der Waals surface area contributed by atoms with E-state index in [1.54, 1.807) is 20.0 Å². The van der Waals surface area contributed by atoms with E-state index >= 15 is 0 Å². The maximum atomic E-state index is 13.1. The number of carbonyl (C=O) groups is 1. The molecule has 0 radical (unpaired) electrons. The van der Waals surface area contributed by atoms with Gasteiger partial charge in [0.15, 0.2) is 11.2 Å². The van der Waals surface area contributed by atoms with Crippen LogP contribution >= 0.6 is 0 Å². The van der Waals surface area contributed by atoms with Crippen molar-refractivity contribution < 1.29 is 33.0 Å². The molecule has 0 atom stereocenters. The Hall–Kier alpha value is -3.46. The number of hydrogen-bond donors (Lipinski definition) is 6. The van der Waals surface area contributed by atoms with E-state index in [1.165, 1.54) is 6.21 Å². The zero-order valence-electron chi connectivity index (χ0n) is 25.2. The standard InChI is InChI=1S/C29H41BN6O6S/c1-19-16-20-6-5-7-23(20)27(26(19)21-8-13-33-25(17-21)42-22-10-14-36(4)15-11-22)34-28(37)35-43(40,41)24(31)9-12-32-18-29(2,3)30(38)39/h8-9,12-13,16-17,22,38-39H,5-7,10-11,14-15,18,31H2,1-4H3,(H2,34,35,37)/p+1/b24-9+,32-12?. The molecule has 1 aliphatic carbocycles.